The zero-order valence-corrected chi connectivity index (χ0v) is 11.5. The fraction of sp³-hybridized carbons (Fsp3) is 0.176. The van der Waals surface area contributed by atoms with Crippen molar-refractivity contribution in [3.63, 3.8) is 0 Å². The molecule has 100 valence electrons. The Bertz CT molecular complexity index is 722. The van der Waals surface area contributed by atoms with E-state index >= 15 is 0 Å². The summed E-state index contributed by atoms with van der Waals surface area (Å²) in [5.41, 5.74) is 2.00. The number of hydrogen-bond donors (Lipinski definition) is 1. The van der Waals surface area contributed by atoms with Crippen molar-refractivity contribution in [3.8, 4) is 11.3 Å². The van der Waals surface area contributed by atoms with Crippen LogP contribution in [0.4, 0.5) is 5.82 Å². The van der Waals surface area contributed by atoms with Gasteiger partial charge in [0.2, 0.25) is 0 Å². The molecular weight excluding hydrogens is 246 g/mol. The Labute approximate surface area is 118 Å². The van der Waals surface area contributed by atoms with Crippen LogP contribution < -0.4 is 5.32 Å². The van der Waals surface area contributed by atoms with E-state index in [1.54, 1.807) is 12.4 Å². The normalized spacial score (nSPS) is 10.7. The first-order chi connectivity index (χ1) is 9.88. The summed E-state index contributed by atoms with van der Waals surface area (Å²) < 4.78 is 0. The largest absolute Gasteiger partial charge is 0.368 e. The SMILES string of the molecule is CCCNc1nccnc1-c1ccc2ccccc2c1. The van der Waals surface area contributed by atoms with Gasteiger partial charge in [-0.25, -0.2) is 4.98 Å². The Balaban J connectivity index is 2.06. The molecule has 20 heavy (non-hydrogen) atoms. The van der Waals surface area contributed by atoms with Gasteiger partial charge in [0.15, 0.2) is 5.82 Å². The molecule has 0 aliphatic heterocycles. The van der Waals surface area contributed by atoms with Gasteiger partial charge in [-0.05, 0) is 23.3 Å². The first kappa shape index (κ1) is 12.6. The molecule has 0 bridgehead atoms. The van der Waals surface area contributed by atoms with Gasteiger partial charge in [0.25, 0.3) is 0 Å². The van der Waals surface area contributed by atoms with Gasteiger partial charge >= 0.3 is 0 Å². The molecule has 0 amide bonds. The van der Waals surface area contributed by atoms with Crippen LogP contribution in [-0.2, 0) is 0 Å². The maximum absolute atomic E-state index is 4.48. The zero-order chi connectivity index (χ0) is 13.8. The lowest BCUT2D eigenvalue weighted by molar-refractivity contribution is 0.966. The first-order valence-corrected chi connectivity index (χ1v) is 6.92. The molecule has 0 atom stereocenters. The Hall–Kier alpha value is -2.42. The highest BCUT2D eigenvalue weighted by molar-refractivity contribution is 5.88. The van der Waals surface area contributed by atoms with Crippen molar-refractivity contribution in [3.05, 3.63) is 54.9 Å². The summed E-state index contributed by atoms with van der Waals surface area (Å²) in [6.07, 6.45) is 4.53. The molecule has 0 saturated carbocycles. The number of fused-ring (bicyclic) bond motifs is 1. The van der Waals surface area contributed by atoms with Crippen LogP contribution in [0.5, 0.6) is 0 Å². The minimum Gasteiger partial charge on any atom is -0.368 e. The van der Waals surface area contributed by atoms with Gasteiger partial charge in [0.1, 0.15) is 5.69 Å². The Morgan fingerprint density at radius 3 is 2.60 bits per heavy atom. The molecule has 1 N–H and O–H groups in total. The first-order valence-electron chi connectivity index (χ1n) is 6.92. The Morgan fingerprint density at radius 1 is 0.950 bits per heavy atom. The van der Waals surface area contributed by atoms with Gasteiger partial charge in [-0.1, -0.05) is 43.3 Å². The average Bonchev–Trinajstić information content (AvgIpc) is 2.53. The van der Waals surface area contributed by atoms with Crippen LogP contribution in [-0.4, -0.2) is 16.5 Å². The second kappa shape index (κ2) is 5.70. The summed E-state index contributed by atoms with van der Waals surface area (Å²) >= 11 is 0. The average molecular weight is 263 g/mol. The monoisotopic (exact) mass is 263 g/mol. The molecule has 0 unspecified atom stereocenters. The van der Waals surface area contributed by atoms with E-state index < -0.39 is 0 Å². The summed E-state index contributed by atoms with van der Waals surface area (Å²) in [5, 5.41) is 5.79. The molecule has 3 aromatic rings. The number of benzene rings is 2. The van der Waals surface area contributed by atoms with Gasteiger partial charge < -0.3 is 5.32 Å². The van der Waals surface area contributed by atoms with Crippen LogP contribution in [0.1, 0.15) is 13.3 Å². The summed E-state index contributed by atoms with van der Waals surface area (Å²) in [7, 11) is 0. The standard InChI is InChI=1S/C17H17N3/c1-2-9-19-17-16(18-10-11-20-17)15-8-7-13-5-3-4-6-14(13)12-15/h3-8,10-12H,2,9H2,1H3,(H,19,20). The summed E-state index contributed by atoms with van der Waals surface area (Å²) in [6.45, 7) is 3.04. The minimum absolute atomic E-state index is 0.852. The highest BCUT2D eigenvalue weighted by Gasteiger charge is 2.07. The van der Waals surface area contributed by atoms with E-state index in [2.05, 4.69) is 64.7 Å². The quantitative estimate of drug-likeness (QED) is 0.769. The lowest BCUT2D eigenvalue weighted by Crippen LogP contribution is -2.04. The van der Waals surface area contributed by atoms with Crippen LogP contribution in [0, 0.1) is 0 Å². The molecule has 2 aromatic carbocycles. The Kier molecular flexibility index (Phi) is 3.59. The van der Waals surface area contributed by atoms with E-state index in [-0.39, 0.29) is 0 Å². The zero-order valence-electron chi connectivity index (χ0n) is 11.5. The second-order valence-corrected chi connectivity index (χ2v) is 4.74. The molecule has 0 radical (unpaired) electrons. The van der Waals surface area contributed by atoms with Crippen molar-refractivity contribution >= 4 is 16.6 Å². The smallest absolute Gasteiger partial charge is 0.152 e. The summed E-state index contributed by atoms with van der Waals surface area (Å²) in [4.78, 5) is 8.88. The van der Waals surface area contributed by atoms with E-state index in [0.717, 1.165) is 30.0 Å². The van der Waals surface area contributed by atoms with Gasteiger partial charge in [-0.2, -0.15) is 0 Å². The highest BCUT2D eigenvalue weighted by Crippen LogP contribution is 2.26. The lowest BCUT2D eigenvalue weighted by Gasteiger charge is -2.09. The molecule has 0 saturated heterocycles. The van der Waals surface area contributed by atoms with E-state index in [1.165, 1.54) is 10.8 Å². The maximum atomic E-state index is 4.48. The number of nitrogens with one attached hydrogen (secondary N) is 1. The molecule has 1 heterocycles. The number of anilines is 1. The predicted molar refractivity (Wildman–Crippen MR) is 83.8 cm³/mol. The van der Waals surface area contributed by atoms with E-state index in [1.807, 2.05) is 0 Å². The van der Waals surface area contributed by atoms with Crippen molar-refractivity contribution < 1.29 is 0 Å². The molecule has 0 aliphatic carbocycles. The van der Waals surface area contributed by atoms with Crippen molar-refractivity contribution in [2.24, 2.45) is 0 Å². The van der Waals surface area contributed by atoms with E-state index in [0.29, 0.717) is 0 Å². The topological polar surface area (TPSA) is 37.8 Å². The molecule has 0 fully saturated rings. The molecule has 1 aromatic heterocycles. The number of rotatable bonds is 4. The van der Waals surface area contributed by atoms with Gasteiger partial charge in [0, 0.05) is 24.5 Å². The summed E-state index contributed by atoms with van der Waals surface area (Å²) in [5.74, 6) is 0.852. The molecule has 3 rings (SSSR count). The van der Waals surface area contributed by atoms with Crippen molar-refractivity contribution in [2.75, 3.05) is 11.9 Å². The summed E-state index contributed by atoms with van der Waals surface area (Å²) in [6, 6.07) is 14.7. The van der Waals surface area contributed by atoms with Crippen molar-refractivity contribution in [1.82, 2.24) is 9.97 Å². The Morgan fingerprint density at radius 2 is 1.75 bits per heavy atom. The van der Waals surface area contributed by atoms with Crippen LogP contribution >= 0.6 is 0 Å². The number of aromatic nitrogens is 2. The number of nitrogens with zero attached hydrogens (tertiary/aromatic N) is 2. The molecule has 3 heteroatoms. The fourth-order valence-electron chi connectivity index (χ4n) is 2.26. The van der Waals surface area contributed by atoms with E-state index in [4.69, 9.17) is 0 Å². The predicted octanol–water partition coefficient (Wildman–Crippen LogP) is 4.12. The number of hydrogen-bond acceptors (Lipinski definition) is 3. The van der Waals surface area contributed by atoms with Crippen LogP contribution in [0.25, 0.3) is 22.0 Å². The van der Waals surface area contributed by atoms with Gasteiger partial charge in [-0.15, -0.1) is 0 Å². The van der Waals surface area contributed by atoms with E-state index in [9.17, 15) is 0 Å². The third-order valence-corrected chi connectivity index (χ3v) is 3.26. The maximum Gasteiger partial charge on any atom is 0.152 e. The van der Waals surface area contributed by atoms with Crippen LogP contribution in [0.2, 0.25) is 0 Å². The molecule has 0 spiro atoms. The highest BCUT2D eigenvalue weighted by atomic mass is 15.0. The minimum atomic E-state index is 0.852. The molecular formula is C17H17N3. The van der Waals surface area contributed by atoms with Gasteiger partial charge in [0.05, 0.1) is 0 Å². The van der Waals surface area contributed by atoms with Gasteiger partial charge in [-0.3, -0.25) is 4.98 Å². The molecule has 3 nitrogen and oxygen atoms in total. The lowest BCUT2D eigenvalue weighted by atomic mass is 10.0. The molecule has 0 aliphatic rings. The van der Waals surface area contributed by atoms with Crippen LogP contribution in [0.3, 0.4) is 0 Å². The second-order valence-electron chi connectivity index (χ2n) is 4.74. The fourth-order valence-corrected chi connectivity index (χ4v) is 2.26. The third-order valence-electron chi connectivity index (χ3n) is 3.26. The van der Waals surface area contributed by atoms with Crippen LogP contribution in [0.15, 0.2) is 54.9 Å². The van der Waals surface area contributed by atoms with Crippen molar-refractivity contribution in [2.45, 2.75) is 13.3 Å². The van der Waals surface area contributed by atoms with Crippen molar-refractivity contribution in [1.29, 1.82) is 0 Å². The third kappa shape index (κ3) is 2.48.